The standard InChI is InChI=1S/C20H24N2O4S2/c21-19(23)20(8-11-25-12-9-20)28(24)18-6-4-17(5-7-18)26-13-14-27-15-16-3-1-2-10-22-16/h1-7,10H,8-9,11-15H2,(H2,21,23). The Morgan fingerprint density at radius 2 is 1.96 bits per heavy atom. The normalized spacial score (nSPS) is 17.0. The molecule has 0 spiro atoms. The molecule has 1 fully saturated rings. The average Bonchev–Trinajstić information content (AvgIpc) is 2.74. The Morgan fingerprint density at radius 1 is 1.21 bits per heavy atom. The molecule has 8 heteroatoms. The fourth-order valence-electron chi connectivity index (χ4n) is 2.99. The molecule has 1 aliphatic rings. The summed E-state index contributed by atoms with van der Waals surface area (Å²) in [6.07, 6.45) is 2.54. The lowest BCUT2D eigenvalue weighted by molar-refractivity contribution is -0.122. The van der Waals surface area contributed by atoms with Crippen molar-refractivity contribution in [1.82, 2.24) is 4.98 Å². The van der Waals surface area contributed by atoms with Crippen molar-refractivity contribution in [3.8, 4) is 5.75 Å². The Bertz CT molecular complexity index is 794. The molecule has 0 saturated carbocycles. The summed E-state index contributed by atoms with van der Waals surface area (Å²) in [5.41, 5.74) is 6.64. The van der Waals surface area contributed by atoms with Gasteiger partial charge in [-0.25, -0.2) is 0 Å². The van der Waals surface area contributed by atoms with Gasteiger partial charge in [-0.3, -0.25) is 14.0 Å². The minimum absolute atomic E-state index is 0.376. The van der Waals surface area contributed by atoms with Crippen molar-refractivity contribution >= 4 is 28.5 Å². The molecule has 28 heavy (non-hydrogen) atoms. The van der Waals surface area contributed by atoms with E-state index in [2.05, 4.69) is 4.98 Å². The average molecular weight is 421 g/mol. The van der Waals surface area contributed by atoms with E-state index in [1.807, 2.05) is 18.2 Å². The third-order valence-corrected chi connectivity index (χ3v) is 7.59. The van der Waals surface area contributed by atoms with Crippen LogP contribution in [0.25, 0.3) is 0 Å². The third-order valence-electron chi connectivity index (χ3n) is 4.61. The number of thioether (sulfide) groups is 1. The van der Waals surface area contributed by atoms with Gasteiger partial charge in [-0.2, -0.15) is 11.8 Å². The minimum Gasteiger partial charge on any atom is -0.493 e. The van der Waals surface area contributed by atoms with Crippen molar-refractivity contribution in [2.75, 3.05) is 25.6 Å². The molecule has 1 aromatic carbocycles. The smallest absolute Gasteiger partial charge is 0.236 e. The maximum Gasteiger partial charge on any atom is 0.236 e. The molecule has 0 radical (unpaired) electrons. The van der Waals surface area contributed by atoms with E-state index in [4.69, 9.17) is 15.2 Å². The van der Waals surface area contributed by atoms with Crippen LogP contribution in [0, 0.1) is 0 Å². The molecule has 1 saturated heterocycles. The largest absolute Gasteiger partial charge is 0.493 e. The van der Waals surface area contributed by atoms with E-state index < -0.39 is 21.5 Å². The van der Waals surface area contributed by atoms with Crippen LogP contribution in [0.4, 0.5) is 0 Å². The Morgan fingerprint density at radius 3 is 2.61 bits per heavy atom. The van der Waals surface area contributed by atoms with Gasteiger partial charge in [0.25, 0.3) is 0 Å². The summed E-state index contributed by atoms with van der Waals surface area (Å²) in [5.74, 6) is 1.87. The van der Waals surface area contributed by atoms with Crippen LogP contribution in [-0.2, 0) is 26.1 Å². The van der Waals surface area contributed by atoms with Gasteiger partial charge in [-0.05, 0) is 49.2 Å². The van der Waals surface area contributed by atoms with Gasteiger partial charge in [-0.1, -0.05) is 6.07 Å². The van der Waals surface area contributed by atoms with E-state index in [1.165, 1.54) is 0 Å². The Kier molecular flexibility index (Phi) is 7.47. The van der Waals surface area contributed by atoms with Crippen LogP contribution in [0.15, 0.2) is 53.6 Å². The second-order valence-electron chi connectivity index (χ2n) is 6.43. The van der Waals surface area contributed by atoms with Crippen molar-refractivity contribution in [2.24, 2.45) is 5.73 Å². The quantitative estimate of drug-likeness (QED) is 0.627. The number of carbonyl (C=O) groups excluding carboxylic acids is 1. The highest BCUT2D eigenvalue weighted by molar-refractivity contribution is 7.98. The highest BCUT2D eigenvalue weighted by atomic mass is 32.2. The molecular formula is C20H24N2O4S2. The molecule has 0 aliphatic carbocycles. The molecular weight excluding hydrogens is 396 g/mol. The van der Waals surface area contributed by atoms with Gasteiger partial charge in [0.2, 0.25) is 5.91 Å². The fraction of sp³-hybridized carbons (Fsp3) is 0.400. The molecule has 6 nitrogen and oxygen atoms in total. The number of pyridine rings is 1. The lowest BCUT2D eigenvalue weighted by Gasteiger charge is -2.33. The van der Waals surface area contributed by atoms with Crippen LogP contribution in [0.2, 0.25) is 0 Å². The van der Waals surface area contributed by atoms with E-state index >= 15 is 0 Å². The van der Waals surface area contributed by atoms with E-state index in [9.17, 15) is 9.00 Å². The molecule has 2 heterocycles. The van der Waals surface area contributed by atoms with E-state index in [0.29, 0.717) is 43.3 Å². The molecule has 2 aromatic rings. The summed E-state index contributed by atoms with van der Waals surface area (Å²) < 4.78 is 23.0. The van der Waals surface area contributed by atoms with Crippen molar-refractivity contribution < 1.29 is 18.5 Å². The predicted molar refractivity (Wildman–Crippen MR) is 111 cm³/mol. The summed E-state index contributed by atoms with van der Waals surface area (Å²) in [6.45, 7) is 1.36. The van der Waals surface area contributed by atoms with E-state index in [0.717, 1.165) is 17.2 Å². The lowest BCUT2D eigenvalue weighted by atomic mass is 9.98. The summed E-state index contributed by atoms with van der Waals surface area (Å²) in [6, 6.07) is 12.9. The third kappa shape index (κ3) is 5.12. The number of primary amides is 1. The monoisotopic (exact) mass is 420 g/mol. The fourth-order valence-corrected chi connectivity index (χ4v) is 5.27. The highest BCUT2D eigenvalue weighted by Gasteiger charge is 2.45. The van der Waals surface area contributed by atoms with Crippen LogP contribution in [0.5, 0.6) is 5.75 Å². The number of ether oxygens (including phenoxy) is 2. The second kappa shape index (κ2) is 10.0. The van der Waals surface area contributed by atoms with Gasteiger partial charge in [0, 0.05) is 35.8 Å². The molecule has 3 rings (SSSR count). The van der Waals surface area contributed by atoms with Crippen LogP contribution < -0.4 is 10.5 Å². The summed E-state index contributed by atoms with van der Waals surface area (Å²) >= 11 is 1.76. The number of benzene rings is 1. The lowest BCUT2D eigenvalue weighted by Crippen LogP contribution is -2.51. The number of aromatic nitrogens is 1. The van der Waals surface area contributed by atoms with Crippen LogP contribution in [0.1, 0.15) is 18.5 Å². The zero-order valence-corrected chi connectivity index (χ0v) is 17.2. The first-order valence-electron chi connectivity index (χ1n) is 9.12. The molecule has 1 atom stereocenters. The Balaban J connectivity index is 1.50. The number of carbonyl (C=O) groups is 1. The molecule has 1 amide bonds. The van der Waals surface area contributed by atoms with Gasteiger partial charge in [0.1, 0.15) is 10.5 Å². The van der Waals surface area contributed by atoms with Crippen molar-refractivity contribution in [3.63, 3.8) is 0 Å². The second-order valence-corrected chi connectivity index (χ2v) is 9.33. The molecule has 2 N–H and O–H groups in total. The maximum absolute atomic E-state index is 13.0. The zero-order chi connectivity index (χ0) is 19.8. The van der Waals surface area contributed by atoms with E-state index in [-0.39, 0.29) is 0 Å². The van der Waals surface area contributed by atoms with Gasteiger partial charge in [0.05, 0.1) is 23.1 Å². The first-order valence-corrected chi connectivity index (χ1v) is 11.4. The molecule has 150 valence electrons. The van der Waals surface area contributed by atoms with E-state index in [1.54, 1.807) is 42.2 Å². The van der Waals surface area contributed by atoms with Crippen LogP contribution in [-0.4, -0.2) is 45.4 Å². The highest BCUT2D eigenvalue weighted by Crippen LogP contribution is 2.32. The summed E-state index contributed by atoms with van der Waals surface area (Å²) in [5, 5.41) is 0. The van der Waals surface area contributed by atoms with Gasteiger partial charge in [-0.15, -0.1) is 0 Å². The van der Waals surface area contributed by atoms with Crippen molar-refractivity contribution in [1.29, 1.82) is 0 Å². The topological polar surface area (TPSA) is 91.5 Å². The summed E-state index contributed by atoms with van der Waals surface area (Å²) in [7, 11) is -1.52. The van der Waals surface area contributed by atoms with Crippen LogP contribution >= 0.6 is 11.8 Å². The van der Waals surface area contributed by atoms with Gasteiger partial charge >= 0.3 is 0 Å². The number of nitrogens with two attached hydrogens (primary N) is 1. The summed E-state index contributed by atoms with van der Waals surface area (Å²) in [4.78, 5) is 16.9. The first kappa shape index (κ1) is 20.8. The molecule has 1 aromatic heterocycles. The maximum atomic E-state index is 13.0. The van der Waals surface area contributed by atoms with Crippen molar-refractivity contribution in [3.05, 3.63) is 54.4 Å². The number of hydrogen-bond donors (Lipinski definition) is 1. The van der Waals surface area contributed by atoms with Crippen molar-refractivity contribution in [2.45, 2.75) is 28.2 Å². The van der Waals surface area contributed by atoms with Gasteiger partial charge < -0.3 is 15.2 Å². The Labute approximate surface area is 171 Å². The predicted octanol–water partition coefficient (Wildman–Crippen LogP) is 2.54. The Hall–Kier alpha value is -1.90. The SMILES string of the molecule is NC(=O)C1(S(=O)c2ccc(OCCSCc3ccccn3)cc2)CCOCC1. The zero-order valence-electron chi connectivity index (χ0n) is 15.5. The number of hydrogen-bond acceptors (Lipinski definition) is 6. The number of nitrogens with zero attached hydrogens (tertiary/aromatic N) is 1. The molecule has 1 unspecified atom stereocenters. The first-order chi connectivity index (χ1) is 13.6. The van der Waals surface area contributed by atoms with Gasteiger partial charge in [0.15, 0.2) is 0 Å². The minimum atomic E-state index is -1.52. The number of amides is 1. The molecule has 0 bridgehead atoms. The number of rotatable bonds is 9. The molecule has 1 aliphatic heterocycles. The van der Waals surface area contributed by atoms with Crippen LogP contribution in [0.3, 0.4) is 0 Å².